The van der Waals surface area contributed by atoms with Gasteiger partial charge in [-0.3, -0.25) is 4.79 Å². The zero-order valence-electron chi connectivity index (χ0n) is 10.2. The highest BCUT2D eigenvalue weighted by atomic mass is 79.9. The van der Waals surface area contributed by atoms with E-state index in [1.807, 2.05) is 31.0 Å². The summed E-state index contributed by atoms with van der Waals surface area (Å²) in [4.78, 5) is 18.0. The molecule has 0 atom stereocenters. The molecule has 5 heteroatoms. The van der Waals surface area contributed by atoms with E-state index in [1.54, 1.807) is 0 Å². The lowest BCUT2D eigenvalue weighted by molar-refractivity contribution is 0.112. The maximum Gasteiger partial charge on any atom is 0.186 e. The summed E-state index contributed by atoms with van der Waals surface area (Å²) in [5, 5.41) is 0.873. The third-order valence-electron chi connectivity index (χ3n) is 2.59. The van der Waals surface area contributed by atoms with Crippen molar-refractivity contribution in [2.24, 2.45) is 0 Å². The molecule has 0 aliphatic carbocycles. The second-order valence-corrected chi connectivity index (χ2v) is 5.97. The van der Waals surface area contributed by atoms with Crippen LogP contribution in [-0.2, 0) is 6.54 Å². The van der Waals surface area contributed by atoms with Crippen molar-refractivity contribution < 1.29 is 4.79 Å². The maximum atomic E-state index is 10.8. The van der Waals surface area contributed by atoms with Gasteiger partial charge in [-0.05, 0) is 24.6 Å². The van der Waals surface area contributed by atoms with Crippen LogP contribution in [0.15, 0.2) is 28.7 Å². The molecule has 1 aromatic heterocycles. The fraction of sp³-hybridized carbons (Fsp3) is 0.231. The molecule has 3 nitrogen and oxygen atoms in total. The number of nitrogens with zero attached hydrogens (tertiary/aromatic N) is 2. The van der Waals surface area contributed by atoms with E-state index < -0.39 is 0 Å². The van der Waals surface area contributed by atoms with Gasteiger partial charge in [0, 0.05) is 18.1 Å². The number of aryl methyl sites for hydroxylation is 1. The van der Waals surface area contributed by atoms with E-state index in [4.69, 9.17) is 0 Å². The molecule has 1 heterocycles. The van der Waals surface area contributed by atoms with Crippen molar-refractivity contribution in [3.8, 4) is 0 Å². The predicted octanol–water partition coefficient (Wildman–Crippen LogP) is 3.66. The monoisotopic (exact) mass is 324 g/mol. The standard InChI is InChI=1S/C13H13BrN2OS/c1-9-12(8-17)18-13(15-9)16(2)7-10-3-5-11(14)6-4-10/h3-6,8H,7H2,1-2H3. The van der Waals surface area contributed by atoms with E-state index in [0.29, 0.717) is 4.88 Å². The van der Waals surface area contributed by atoms with Crippen LogP contribution in [-0.4, -0.2) is 18.3 Å². The van der Waals surface area contributed by atoms with Gasteiger partial charge in [-0.15, -0.1) is 0 Å². The Bertz CT molecular complexity index is 551. The van der Waals surface area contributed by atoms with Gasteiger partial charge >= 0.3 is 0 Å². The van der Waals surface area contributed by atoms with Gasteiger partial charge in [-0.25, -0.2) is 4.98 Å². The molecule has 0 spiro atoms. The number of halogens is 1. The first kappa shape index (κ1) is 13.2. The van der Waals surface area contributed by atoms with E-state index in [1.165, 1.54) is 16.9 Å². The van der Waals surface area contributed by atoms with Crippen LogP contribution in [0.1, 0.15) is 20.9 Å². The highest BCUT2D eigenvalue weighted by molar-refractivity contribution is 9.10. The quantitative estimate of drug-likeness (QED) is 0.804. The first-order valence-electron chi connectivity index (χ1n) is 5.48. The molecule has 0 fully saturated rings. The number of benzene rings is 1. The molecule has 18 heavy (non-hydrogen) atoms. The van der Waals surface area contributed by atoms with Gasteiger partial charge in [-0.1, -0.05) is 39.4 Å². The molecule has 94 valence electrons. The van der Waals surface area contributed by atoms with Crippen LogP contribution in [0.3, 0.4) is 0 Å². The number of hydrogen-bond donors (Lipinski definition) is 0. The lowest BCUT2D eigenvalue weighted by Crippen LogP contribution is -2.15. The summed E-state index contributed by atoms with van der Waals surface area (Å²) in [6, 6.07) is 8.18. The van der Waals surface area contributed by atoms with Crippen molar-refractivity contribution in [2.75, 3.05) is 11.9 Å². The summed E-state index contributed by atoms with van der Waals surface area (Å²) in [7, 11) is 1.98. The molecule has 0 unspecified atom stereocenters. The lowest BCUT2D eigenvalue weighted by Gasteiger charge is -2.15. The third kappa shape index (κ3) is 2.97. The molecule has 0 radical (unpaired) electrons. The zero-order valence-corrected chi connectivity index (χ0v) is 12.6. The third-order valence-corrected chi connectivity index (χ3v) is 4.31. The second-order valence-electron chi connectivity index (χ2n) is 4.05. The predicted molar refractivity (Wildman–Crippen MR) is 78.5 cm³/mol. The van der Waals surface area contributed by atoms with E-state index in [9.17, 15) is 4.79 Å². The van der Waals surface area contributed by atoms with Crippen LogP contribution in [0.5, 0.6) is 0 Å². The van der Waals surface area contributed by atoms with Gasteiger partial charge in [0.2, 0.25) is 0 Å². The fourth-order valence-corrected chi connectivity index (χ4v) is 2.70. The first-order valence-corrected chi connectivity index (χ1v) is 7.09. The number of aldehydes is 1. The molecule has 2 rings (SSSR count). The summed E-state index contributed by atoms with van der Waals surface area (Å²) in [6.07, 6.45) is 0.865. The largest absolute Gasteiger partial charge is 0.347 e. The smallest absolute Gasteiger partial charge is 0.186 e. The molecule has 0 aliphatic heterocycles. The summed E-state index contributed by atoms with van der Waals surface area (Å²) in [5.41, 5.74) is 2.01. The average Bonchev–Trinajstić information content (AvgIpc) is 2.73. The Kier molecular flexibility index (Phi) is 4.14. The molecule has 0 amide bonds. The number of thiazole rings is 1. The van der Waals surface area contributed by atoms with Crippen LogP contribution in [0.4, 0.5) is 5.13 Å². The molecule has 0 saturated heterocycles. The minimum absolute atomic E-state index is 0.702. The van der Waals surface area contributed by atoms with Crippen LogP contribution in [0.2, 0.25) is 0 Å². The number of aromatic nitrogens is 1. The number of hydrogen-bond acceptors (Lipinski definition) is 4. The highest BCUT2D eigenvalue weighted by Crippen LogP contribution is 2.25. The first-order chi connectivity index (χ1) is 8.60. The minimum atomic E-state index is 0.702. The Balaban J connectivity index is 2.13. The van der Waals surface area contributed by atoms with Crippen LogP contribution < -0.4 is 4.90 Å². The molecule has 0 N–H and O–H groups in total. The SMILES string of the molecule is Cc1nc(N(C)Cc2ccc(Br)cc2)sc1C=O. The van der Waals surface area contributed by atoms with Crippen molar-refractivity contribution in [3.63, 3.8) is 0 Å². The van der Waals surface area contributed by atoms with Crippen molar-refractivity contribution in [3.05, 3.63) is 44.9 Å². The zero-order chi connectivity index (χ0) is 13.1. The fourth-order valence-electron chi connectivity index (χ4n) is 1.60. The Morgan fingerprint density at radius 2 is 2.06 bits per heavy atom. The van der Waals surface area contributed by atoms with E-state index in [0.717, 1.165) is 28.1 Å². The Hall–Kier alpha value is -1.20. The van der Waals surface area contributed by atoms with E-state index >= 15 is 0 Å². The van der Waals surface area contributed by atoms with Crippen molar-refractivity contribution >= 4 is 38.7 Å². The van der Waals surface area contributed by atoms with Gasteiger partial charge in [0.05, 0.1) is 10.6 Å². The van der Waals surface area contributed by atoms with Gasteiger partial charge in [-0.2, -0.15) is 0 Å². The molecule has 1 aromatic carbocycles. The molecule has 0 saturated carbocycles. The van der Waals surface area contributed by atoms with Crippen LogP contribution in [0, 0.1) is 6.92 Å². The van der Waals surface area contributed by atoms with Gasteiger partial charge in [0.15, 0.2) is 11.4 Å². The summed E-state index contributed by atoms with van der Waals surface area (Å²) in [5.74, 6) is 0. The van der Waals surface area contributed by atoms with Crippen molar-refractivity contribution in [1.29, 1.82) is 0 Å². The molecule has 2 aromatic rings. The maximum absolute atomic E-state index is 10.8. The average molecular weight is 325 g/mol. The second kappa shape index (κ2) is 5.63. The van der Waals surface area contributed by atoms with Crippen molar-refractivity contribution in [1.82, 2.24) is 4.98 Å². The van der Waals surface area contributed by atoms with Crippen molar-refractivity contribution in [2.45, 2.75) is 13.5 Å². The van der Waals surface area contributed by atoms with Crippen LogP contribution in [0.25, 0.3) is 0 Å². The van der Waals surface area contributed by atoms with Gasteiger partial charge in [0.25, 0.3) is 0 Å². The Labute approximate surface area is 119 Å². The van der Waals surface area contributed by atoms with Crippen LogP contribution >= 0.6 is 27.3 Å². The summed E-state index contributed by atoms with van der Waals surface area (Å²) >= 11 is 4.84. The topological polar surface area (TPSA) is 33.2 Å². The number of anilines is 1. The van der Waals surface area contributed by atoms with Gasteiger partial charge in [0.1, 0.15) is 0 Å². The minimum Gasteiger partial charge on any atom is -0.347 e. The molecule has 0 bridgehead atoms. The molecule has 0 aliphatic rings. The number of carbonyl (C=O) groups excluding carboxylic acids is 1. The Morgan fingerprint density at radius 3 is 2.61 bits per heavy atom. The normalized spacial score (nSPS) is 10.4. The van der Waals surface area contributed by atoms with E-state index in [2.05, 4.69) is 33.0 Å². The summed E-state index contributed by atoms with van der Waals surface area (Å²) in [6.45, 7) is 2.63. The molecular weight excluding hydrogens is 312 g/mol. The van der Waals surface area contributed by atoms with Gasteiger partial charge < -0.3 is 4.90 Å². The Morgan fingerprint density at radius 1 is 1.39 bits per heavy atom. The number of rotatable bonds is 4. The molecular formula is C13H13BrN2OS. The highest BCUT2D eigenvalue weighted by Gasteiger charge is 2.10. The summed E-state index contributed by atoms with van der Waals surface area (Å²) < 4.78 is 1.07. The number of carbonyl (C=O) groups is 1. The van der Waals surface area contributed by atoms with E-state index in [-0.39, 0.29) is 0 Å². The lowest BCUT2D eigenvalue weighted by atomic mass is 10.2.